The number of rotatable bonds is 8. The number of carbonyl (C=O) groups excluding carboxylic acids is 3. The Morgan fingerprint density at radius 1 is 1.30 bits per heavy atom. The molecule has 2 rings (SSSR count). The lowest BCUT2D eigenvalue weighted by Gasteiger charge is -2.34. The predicted octanol–water partition coefficient (Wildman–Crippen LogP) is 0.883. The van der Waals surface area contributed by atoms with E-state index in [9.17, 15) is 22.8 Å². The van der Waals surface area contributed by atoms with E-state index in [1.165, 1.54) is 19.1 Å². The maximum Gasteiger partial charge on any atom is 0.338 e. The molecule has 2 unspecified atom stereocenters. The van der Waals surface area contributed by atoms with Crippen molar-refractivity contribution in [3.63, 3.8) is 0 Å². The van der Waals surface area contributed by atoms with Crippen molar-refractivity contribution >= 4 is 27.8 Å². The molecule has 0 aromatic carbocycles. The molecule has 0 radical (unpaired) electrons. The van der Waals surface area contributed by atoms with Gasteiger partial charge in [0.15, 0.2) is 18.7 Å². The average molecular weight is 445 g/mol. The standard InChI is InChI=1S/C19H27NO9S/c1-12(21)20-14(8-9-30(24,25)26)10-19(2,3)16-17(23)29-18(28-11-27-16)13-4-6-15(22)7-5-13/h4-6,14,16,18H,7-11H2,1-3H3,(H,20,21)(H,24,25,26)/t14?,16-,18?/m0/s1. The lowest BCUT2D eigenvalue weighted by Crippen LogP contribution is -2.45. The van der Waals surface area contributed by atoms with Crippen LogP contribution in [0.15, 0.2) is 23.8 Å². The van der Waals surface area contributed by atoms with Gasteiger partial charge in [0.2, 0.25) is 12.2 Å². The summed E-state index contributed by atoms with van der Waals surface area (Å²) < 4.78 is 47.6. The molecule has 1 amide bonds. The Bertz CT molecular complexity index is 844. The summed E-state index contributed by atoms with van der Waals surface area (Å²) >= 11 is 0. The van der Waals surface area contributed by atoms with Crippen molar-refractivity contribution in [2.75, 3.05) is 12.5 Å². The molecule has 0 aromatic heterocycles. The lowest BCUT2D eigenvalue weighted by atomic mass is 9.79. The number of amides is 1. The molecule has 30 heavy (non-hydrogen) atoms. The largest absolute Gasteiger partial charge is 0.429 e. The van der Waals surface area contributed by atoms with Crippen LogP contribution in [0.4, 0.5) is 0 Å². The van der Waals surface area contributed by atoms with E-state index in [2.05, 4.69) is 5.32 Å². The van der Waals surface area contributed by atoms with Crippen molar-refractivity contribution in [3.8, 4) is 0 Å². The van der Waals surface area contributed by atoms with Crippen LogP contribution in [-0.4, -0.2) is 61.6 Å². The molecule has 10 nitrogen and oxygen atoms in total. The SMILES string of the molecule is CC(=O)NC(CCS(=O)(=O)O)CC(C)(C)[C@H]1OCOC(C2=CCC(=O)C=C2)OC1=O. The van der Waals surface area contributed by atoms with E-state index in [4.69, 9.17) is 18.8 Å². The Hall–Kier alpha value is -2.08. The van der Waals surface area contributed by atoms with Gasteiger partial charge in [-0.2, -0.15) is 8.42 Å². The highest BCUT2D eigenvalue weighted by atomic mass is 32.2. The summed E-state index contributed by atoms with van der Waals surface area (Å²) in [5.41, 5.74) is -0.330. The van der Waals surface area contributed by atoms with Gasteiger partial charge in [-0.25, -0.2) is 4.79 Å². The zero-order valence-electron chi connectivity index (χ0n) is 17.1. The van der Waals surface area contributed by atoms with Crippen LogP contribution < -0.4 is 5.32 Å². The summed E-state index contributed by atoms with van der Waals surface area (Å²) in [6.45, 7) is 4.50. The summed E-state index contributed by atoms with van der Waals surface area (Å²) in [5.74, 6) is -1.65. The van der Waals surface area contributed by atoms with Gasteiger partial charge >= 0.3 is 5.97 Å². The molecular formula is C19H27NO9S. The van der Waals surface area contributed by atoms with Crippen molar-refractivity contribution < 1.29 is 41.6 Å². The number of ether oxygens (including phenoxy) is 3. The van der Waals surface area contributed by atoms with E-state index >= 15 is 0 Å². The predicted molar refractivity (Wildman–Crippen MR) is 105 cm³/mol. The zero-order chi connectivity index (χ0) is 22.5. The number of esters is 1. The lowest BCUT2D eigenvalue weighted by molar-refractivity contribution is -0.166. The van der Waals surface area contributed by atoms with Crippen LogP contribution in [0.5, 0.6) is 0 Å². The van der Waals surface area contributed by atoms with E-state index in [1.807, 2.05) is 0 Å². The van der Waals surface area contributed by atoms with E-state index in [0.717, 1.165) is 0 Å². The smallest absolute Gasteiger partial charge is 0.338 e. The summed E-state index contributed by atoms with van der Waals surface area (Å²) in [5, 5.41) is 2.64. The molecule has 0 aromatic rings. The second-order valence-electron chi connectivity index (χ2n) is 7.97. The highest BCUT2D eigenvalue weighted by Gasteiger charge is 2.42. The number of hydrogen-bond donors (Lipinski definition) is 2. The number of allylic oxidation sites excluding steroid dienone is 2. The van der Waals surface area contributed by atoms with Gasteiger partial charge < -0.3 is 19.5 Å². The van der Waals surface area contributed by atoms with Gasteiger partial charge in [0, 0.05) is 30.4 Å². The minimum atomic E-state index is -4.21. The first-order valence-electron chi connectivity index (χ1n) is 9.44. The fourth-order valence-electron chi connectivity index (χ4n) is 3.41. The normalized spacial score (nSPS) is 23.9. The quantitative estimate of drug-likeness (QED) is 0.411. The monoisotopic (exact) mass is 445 g/mol. The molecule has 0 bridgehead atoms. The van der Waals surface area contributed by atoms with Crippen LogP contribution in [0.25, 0.3) is 0 Å². The van der Waals surface area contributed by atoms with Crippen molar-refractivity contribution in [2.45, 2.75) is 58.5 Å². The number of ketones is 1. The molecule has 1 fully saturated rings. The summed E-state index contributed by atoms with van der Waals surface area (Å²) in [7, 11) is -4.21. The highest BCUT2D eigenvalue weighted by Crippen LogP contribution is 2.33. The van der Waals surface area contributed by atoms with Gasteiger partial charge in [0.05, 0.1) is 5.75 Å². The number of hydrogen-bond acceptors (Lipinski definition) is 8. The van der Waals surface area contributed by atoms with E-state index in [1.54, 1.807) is 19.9 Å². The summed E-state index contributed by atoms with van der Waals surface area (Å²) in [4.78, 5) is 35.5. The number of nitrogens with one attached hydrogen (secondary N) is 1. The Morgan fingerprint density at radius 3 is 2.57 bits per heavy atom. The first kappa shape index (κ1) is 24.2. The summed E-state index contributed by atoms with van der Waals surface area (Å²) in [6.07, 6.45) is 2.81. The van der Waals surface area contributed by atoms with Crippen LogP contribution in [0.3, 0.4) is 0 Å². The maximum atomic E-state index is 12.7. The van der Waals surface area contributed by atoms with Gasteiger partial charge in [0.25, 0.3) is 10.1 Å². The number of carbonyl (C=O) groups is 3. The molecule has 0 spiro atoms. The van der Waals surface area contributed by atoms with Gasteiger partial charge in [-0.05, 0) is 25.0 Å². The van der Waals surface area contributed by atoms with E-state index in [-0.39, 0.29) is 37.7 Å². The molecule has 1 aliphatic heterocycles. The Kier molecular flexibility index (Phi) is 7.92. The first-order chi connectivity index (χ1) is 13.9. The molecule has 1 aliphatic carbocycles. The van der Waals surface area contributed by atoms with Gasteiger partial charge in [0.1, 0.15) is 0 Å². The van der Waals surface area contributed by atoms with Gasteiger partial charge in [-0.3, -0.25) is 14.1 Å². The summed E-state index contributed by atoms with van der Waals surface area (Å²) in [6, 6.07) is -0.620. The molecule has 0 saturated carbocycles. The van der Waals surface area contributed by atoms with Gasteiger partial charge in [-0.1, -0.05) is 19.9 Å². The topological polar surface area (TPSA) is 145 Å². The van der Waals surface area contributed by atoms with E-state index < -0.39 is 45.7 Å². The third-order valence-corrected chi connectivity index (χ3v) is 5.53. The Morgan fingerprint density at radius 2 is 2.00 bits per heavy atom. The molecule has 3 atom stereocenters. The maximum absolute atomic E-state index is 12.7. The highest BCUT2D eigenvalue weighted by molar-refractivity contribution is 7.85. The third kappa shape index (κ3) is 7.31. The minimum Gasteiger partial charge on any atom is -0.429 e. The van der Waals surface area contributed by atoms with Crippen molar-refractivity contribution in [1.29, 1.82) is 0 Å². The molecule has 1 saturated heterocycles. The first-order valence-corrected chi connectivity index (χ1v) is 11.1. The molecule has 1 heterocycles. The Balaban J connectivity index is 2.09. The minimum absolute atomic E-state index is 0.0333. The molecule has 168 valence electrons. The fourth-order valence-corrected chi connectivity index (χ4v) is 3.99. The number of cyclic esters (lactones) is 1. The van der Waals surface area contributed by atoms with Crippen molar-refractivity contribution in [3.05, 3.63) is 23.8 Å². The van der Waals surface area contributed by atoms with Crippen LogP contribution in [0, 0.1) is 5.41 Å². The molecule has 2 N–H and O–H groups in total. The fraction of sp³-hybridized carbons (Fsp3) is 0.632. The van der Waals surface area contributed by atoms with Crippen LogP contribution in [0.1, 0.15) is 40.0 Å². The zero-order valence-corrected chi connectivity index (χ0v) is 17.9. The van der Waals surface area contributed by atoms with Crippen LogP contribution >= 0.6 is 0 Å². The molecule has 2 aliphatic rings. The second-order valence-corrected chi connectivity index (χ2v) is 9.54. The Labute approximate surface area is 175 Å². The second kappa shape index (κ2) is 9.82. The van der Waals surface area contributed by atoms with Crippen LogP contribution in [-0.2, 0) is 38.7 Å². The third-order valence-electron chi connectivity index (χ3n) is 4.78. The van der Waals surface area contributed by atoms with Crippen molar-refractivity contribution in [1.82, 2.24) is 5.32 Å². The average Bonchev–Trinajstić information content (AvgIpc) is 2.81. The van der Waals surface area contributed by atoms with Crippen molar-refractivity contribution in [2.24, 2.45) is 5.41 Å². The molecular weight excluding hydrogens is 418 g/mol. The van der Waals surface area contributed by atoms with E-state index in [0.29, 0.717) is 5.57 Å². The van der Waals surface area contributed by atoms with Crippen LogP contribution in [0.2, 0.25) is 0 Å². The van der Waals surface area contributed by atoms with Gasteiger partial charge in [-0.15, -0.1) is 0 Å². The molecule has 11 heteroatoms.